The number of rotatable bonds is 7. The number of ketones is 1. The molecule has 204 valence electrons. The molecule has 8 heteroatoms. The minimum absolute atomic E-state index is 0.412. The molecular formula is C32H33N5O3. The van der Waals surface area contributed by atoms with Crippen molar-refractivity contribution < 1.29 is 14.3 Å². The predicted octanol–water partition coefficient (Wildman–Crippen LogP) is 4.79. The average Bonchev–Trinajstić information content (AvgIpc) is 3.41. The van der Waals surface area contributed by atoms with E-state index in [1.165, 1.54) is 5.56 Å². The highest BCUT2D eigenvalue weighted by atomic mass is 16.5. The molecule has 40 heavy (non-hydrogen) atoms. The summed E-state index contributed by atoms with van der Waals surface area (Å²) in [4.78, 5) is 35.9. The van der Waals surface area contributed by atoms with E-state index in [4.69, 9.17) is 4.74 Å². The van der Waals surface area contributed by atoms with Crippen LogP contribution in [0, 0.1) is 0 Å². The average molecular weight is 536 g/mol. The molecular weight excluding hydrogens is 502 g/mol. The molecule has 2 aliphatic rings. The molecule has 0 unspecified atom stereocenters. The van der Waals surface area contributed by atoms with Crippen LogP contribution >= 0.6 is 0 Å². The third-order valence-electron chi connectivity index (χ3n) is 7.71. The standard InChI is InChI=1S/C32H33N5O3/c1-2-23-12-13-33-29(20-23)36-16-14-35(15-17-36)26-10-8-25(9-11-26)34-32(39)31(38)30-28(24-6-4-3-5-7-24)21-27-22-40-19-18-37(27)30/h3-13,20-21H,2,14-19,22H2,1H3,(H,34,39). The van der Waals surface area contributed by atoms with Crippen molar-refractivity contribution in [3.63, 3.8) is 0 Å². The Morgan fingerprint density at radius 3 is 2.40 bits per heavy atom. The number of ether oxygens (including phenoxy) is 1. The van der Waals surface area contributed by atoms with Crippen LogP contribution in [0.4, 0.5) is 17.2 Å². The summed E-state index contributed by atoms with van der Waals surface area (Å²) in [6.45, 7) is 7.18. The summed E-state index contributed by atoms with van der Waals surface area (Å²) >= 11 is 0. The van der Waals surface area contributed by atoms with Crippen molar-refractivity contribution in [3.8, 4) is 11.1 Å². The van der Waals surface area contributed by atoms with E-state index in [0.29, 0.717) is 31.1 Å². The number of piperazine rings is 1. The van der Waals surface area contributed by atoms with E-state index in [1.54, 1.807) is 0 Å². The number of amides is 1. The molecule has 2 aromatic heterocycles. The summed E-state index contributed by atoms with van der Waals surface area (Å²) in [7, 11) is 0. The molecule has 2 aliphatic heterocycles. The zero-order valence-corrected chi connectivity index (χ0v) is 22.7. The highest BCUT2D eigenvalue weighted by molar-refractivity contribution is 6.47. The first-order valence-electron chi connectivity index (χ1n) is 13.9. The molecule has 2 aromatic carbocycles. The Kier molecular flexibility index (Phi) is 7.33. The van der Waals surface area contributed by atoms with Gasteiger partial charge in [0.25, 0.3) is 11.7 Å². The Balaban J connectivity index is 1.12. The first-order valence-corrected chi connectivity index (χ1v) is 13.9. The van der Waals surface area contributed by atoms with Gasteiger partial charge in [0.15, 0.2) is 0 Å². The zero-order chi connectivity index (χ0) is 27.5. The lowest BCUT2D eigenvalue weighted by molar-refractivity contribution is -0.112. The molecule has 0 saturated carbocycles. The Morgan fingerprint density at radius 1 is 0.900 bits per heavy atom. The van der Waals surface area contributed by atoms with Gasteiger partial charge in [-0.1, -0.05) is 37.3 Å². The molecule has 4 heterocycles. The van der Waals surface area contributed by atoms with Crippen molar-refractivity contribution in [1.29, 1.82) is 0 Å². The van der Waals surface area contributed by atoms with Crippen molar-refractivity contribution in [2.24, 2.45) is 0 Å². The highest BCUT2D eigenvalue weighted by Gasteiger charge is 2.28. The first-order chi connectivity index (χ1) is 19.6. The van der Waals surface area contributed by atoms with Gasteiger partial charge in [0.2, 0.25) is 0 Å². The Bertz CT molecular complexity index is 1510. The molecule has 6 rings (SSSR count). The molecule has 1 N–H and O–H groups in total. The number of aryl methyl sites for hydroxylation is 1. The number of pyridine rings is 1. The molecule has 0 atom stereocenters. The second kappa shape index (κ2) is 11.4. The van der Waals surface area contributed by atoms with Gasteiger partial charge in [-0.05, 0) is 60.0 Å². The van der Waals surface area contributed by atoms with E-state index in [2.05, 4.69) is 39.2 Å². The molecule has 0 bridgehead atoms. The third kappa shape index (κ3) is 5.22. The number of carbonyl (C=O) groups excluding carboxylic acids is 2. The van der Waals surface area contributed by atoms with Crippen LogP contribution in [0.15, 0.2) is 79.0 Å². The molecule has 1 amide bonds. The van der Waals surface area contributed by atoms with Crippen molar-refractivity contribution in [2.45, 2.75) is 26.5 Å². The summed E-state index contributed by atoms with van der Waals surface area (Å²) in [6.07, 6.45) is 2.89. The van der Waals surface area contributed by atoms with Gasteiger partial charge in [-0.2, -0.15) is 0 Å². The number of nitrogens with one attached hydrogen (secondary N) is 1. The molecule has 4 aromatic rings. The van der Waals surface area contributed by atoms with Crippen LogP contribution < -0.4 is 15.1 Å². The zero-order valence-electron chi connectivity index (χ0n) is 22.7. The Hall–Kier alpha value is -4.43. The number of hydrogen-bond acceptors (Lipinski definition) is 6. The van der Waals surface area contributed by atoms with E-state index in [9.17, 15) is 9.59 Å². The van der Waals surface area contributed by atoms with Crippen LogP contribution in [-0.2, 0) is 29.1 Å². The van der Waals surface area contributed by atoms with E-state index < -0.39 is 11.7 Å². The van der Waals surface area contributed by atoms with Crippen LogP contribution in [-0.4, -0.2) is 54.0 Å². The van der Waals surface area contributed by atoms with Crippen LogP contribution in [0.25, 0.3) is 11.1 Å². The number of aromatic nitrogens is 2. The molecule has 0 radical (unpaired) electrons. The lowest BCUT2D eigenvalue weighted by atomic mass is 10.0. The normalized spacial score (nSPS) is 15.0. The fourth-order valence-electron chi connectivity index (χ4n) is 5.49. The fourth-order valence-corrected chi connectivity index (χ4v) is 5.49. The van der Waals surface area contributed by atoms with Gasteiger partial charge in [0.05, 0.1) is 13.2 Å². The summed E-state index contributed by atoms with van der Waals surface area (Å²) in [6, 6.07) is 23.6. The van der Waals surface area contributed by atoms with Crippen molar-refractivity contribution in [1.82, 2.24) is 9.55 Å². The lowest BCUT2D eigenvalue weighted by Crippen LogP contribution is -2.46. The maximum Gasteiger partial charge on any atom is 0.298 e. The molecule has 0 spiro atoms. The van der Waals surface area contributed by atoms with Gasteiger partial charge in [-0.25, -0.2) is 4.98 Å². The lowest BCUT2D eigenvalue weighted by Gasteiger charge is -2.37. The van der Waals surface area contributed by atoms with Crippen LogP contribution in [0.1, 0.15) is 28.7 Å². The van der Waals surface area contributed by atoms with E-state index in [-0.39, 0.29) is 0 Å². The summed E-state index contributed by atoms with van der Waals surface area (Å²) < 4.78 is 7.51. The summed E-state index contributed by atoms with van der Waals surface area (Å²) in [5.41, 5.74) is 5.95. The first kappa shape index (κ1) is 25.8. The van der Waals surface area contributed by atoms with Crippen LogP contribution in [0.2, 0.25) is 0 Å². The van der Waals surface area contributed by atoms with Crippen molar-refractivity contribution in [3.05, 3.63) is 95.9 Å². The molecule has 1 saturated heterocycles. The monoisotopic (exact) mass is 535 g/mol. The Morgan fingerprint density at radius 2 is 1.65 bits per heavy atom. The second-order valence-electron chi connectivity index (χ2n) is 10.1. The molecule has 0 aliphatic carbocycles. The highest BCUT2D eigenvalue weighted by Crippen LogP contribution is 2.30. The topological polar surface area (TPSA) is 79.7 Å². The third-order valence-corrected chi connectivity index (χ3v) is 7.71. The Labute approximate surface area is 234 Å². The summed E-state index contributed by atoms with van der Waals surface area (Å²) in [5, 5.41) is 2.82. The van der Waals surface area contributed by atoms with Gasteiger partial charge < -0.3 is 24.4 Å². The van der Waals surface area contributed by atoms with E-state index >= 15 is 0 Å². The predicted molar refractivity (Wildman–Crippen MR) is 157 cm³/mol. The number of fused-ring (bicyclic) bond motifs is 1. The van der Waals surface area contributed by atoms with Gasteiger partial charge in [-0.15, -0.1) is 0 Å². The van der Waals surface area contributed by atoms with Crippen LogP contribution in [0.3, 0.4) is 0 Å². The molecule has 8 nitrogen and oxygen atoms in total. The van der Waals surface area contributed by atoms with Crippen molar-refractivity contribution in [2.75, 3.05) is 47.9 Å². The van der Waals surface area contributed by atoms with Gasteiger partial charge in [0.1, 0.15) is 11.5 Å². The second-order valence-corrected chi connectivity index (χ2v) is 10.1. The summed E-state index contributed by atoms with van der Waals surface area (Å²) in [5.74, 6) is -0.158. The number of benzene rings is 2. The number of Topliss-reactive ketones (excluding diaryl/α,β-unsaturated/α-hetero) is 1. The maximum atomic E-state index is 13.5. The van der Waals surface area contributed by atoms with Gasteiger partial charge >= 0.3 is 0 Å². The van der Waals surface area contributed by atoms with Crippen LogP contribution in [0.5, 0.6) is 0 Å². The number of carbonyl (C=O) groups is 2. The van der Waals surface area contributed by atoms with Gasteiger partial charge in [-0.3, -0.25) is 9.59 Å². The minimum Gasteiger partial charge on any atom is -0.373 e. The molecule has 1 fully saturated rings. The number of nitrogens with zero attached hydrogens (tertiary/aromatic N) is 4. The quantitative estimate of drug-likeness (QED) is 0.271. The van der Waals surface area contributed by atoms with E-state index in [0.717, 1.165) is 60.9 Å². The number of hydrogen-bond donors (Lipinski definition) is 1. The number of anilines is 3. The largest absolute Gasteiger partial charge is 0.373 e. The van der Waals surface area contributed by atoms with Crippen molar-refractivity contribution >= 4 is 28.9 Å². The minimum atomic E-state index is -0.646. The maximum absolute atomic E-state index is 13.5. The smallest absolute Gasteiger partial charge is 0.298 e. The van der Waals surface area contributed by atoms with Gasteiger partial charge in [0, 0.05) is 61.6 Å². The fraction of sp³-hybridized carbons (Fsp3) is 0.281. The van der Waals surface area contributed by atoms with E-state index in [1.807, 2.05) is 71.4 Å². The SMILES string of the molecule is CCc1ccnc(N2CCN(c3ccc(NC(=O)C(=O)c4c(-c5ccccc5)cc5n4CCOC5)cc3)CC2)c1.